The molecule has 0 atom stereocenters. The smallest absolute Gasteiger partial charge is 0.234 e. The molecule has 80 valence electrons. The fourth-order valence-electron chi connectivity index (χ4n) is 1.12. The van der Waals surface area contributed by atoms with Crippen molar-refractivity contribution >= 4 is 23.5 Å². The van der Waals surface area contributed by atoms with Crippen molar-refractivity contribution in [2.24, 2.45) is 5.92 Å². The second-order valence-corrected chi connectivity index (χ2v) is 3.71. The molecule has 1 aliphatic carbocycles. The van der Waals surface area contributed by atoms with Crippen LogP contribution in [-0.4, -0.2) is 23.0 Å². The van der Waals surface area contributed by atoms with Crippen molar-refractivity contribution < 1.29 is 9.53 Å². The van der Waals surface area contributed by atoms with Gasteiger partial charge in [0.25, 0.3) is 0 Å². The molecule has 2 rings (SSSR count). The van der Waals surface area contributed by atoms with Gasteiger partial charge in [0.1, 0.15) is 5.15 Å². The van der Waals surface area contributed by atoms with Crippen molar-refractivity contribution in [1.82, 2.24) is 9.97 Å². The molecule has 0 aromatic carbocycles. The Kier molecular flexibility index (Phi) is 2.73. The van der Waals surface area contributed by atoms with Gasteiger partial charge >= 0.3 is 0 Å². The summed E-state index contributed by atoms with van der Waals surface area (Å²) in [6.45, 7) is 0. The summed E-state index contributed by atoms with van der Waals surface area (Å²) < 4.78 is 4.91. The minimum atomic E-state index is -0.0562. The highest BCUT2D eigenvalue weighted by Crippen LogP contribution is 2.30. The van der Waals surface area contributed by atoms with Crippen LogP contribution in [0.5, 0.6) is 5.88 Å². The first kappa shape index (κ1) is 10.2. The molecule has 0 radical (unpaired) electrons. The zero-order valence-corrected chi connectivity index (χ0v) is 8.91. The molecular formula is C9H10ClN3O2. The van der Waals surface area contributed by atoms with Crippen LogP contribution in [0.25, 0.3) is 0 Å². The van der Waals surface area contributed by atoms with Crippen molar-refractivity contribution in [3.05, 3.63) is 11.2 Å². The summed E-state index contributed by atoms with van der Waals surface area (Å²) in [6.07, 6.45) is 1.87. The third-order valence-corrected chi connectivity index (χ3v) is 2.26. The van der Waals surface area contributed by atoms with E-state index in [1.165, 1.54) is 13.2 Å². The fourth-order valence-corrected chi connectivity index (χ4v) is 1.29. The van der Waals surface area contributed by atoms with E-state index in [9.17, 15) is 4.79 Å². The predicted octanol–water partition coefficient (Wildman–Crippen LogP) is 1.49. The van der Waals surface area contributed by atoms with Gasteiger partial charge in [0, 0.05) is 12.0 Å². The molecule has 1 aromatic heterocycles. The number of ether oxygens (including phenoxy) is 1. The largest absolute Gasteiger partial charge is 0.481 e. The molecule has 5 nitrogen and oxygen atoms in total. The highest BCUT2D eigenvalue weighted by atomic mass is 35.5. The van der Waals surface area contributed by atoms with Gasteiger partial charge in [-0.1, -0.05) is 11.6 Å². The number of carbonyl (C=O) groups is 1. The van der Waals surface area contributed by atoms with Gasteiger partial charge < -0.3 is 4.74 Å². The number of anilines is 1. The van der Waals surface area contributed by atoms with Crippen LogP contribution in [0, 0.1) is 5.92 Å². The van der Waals surface area contributed by atoms with Crippen LogP contribution in [0.4, 0.5) is 5.95 Å². The minimum Gasteiger partial charge on any atom is -0.481 e. The number of methoxy groups -OCH3 is 1. The highest BCUT2D eigenvalue weighted by molar-refractivity contribution is 6.29. The van der Waals surface area contributed by atoms with Crippen molar-refractivity contribution in [1.29, 1.82) is 0 Å². The Balaban J connectivity index is 2.12. The van der Waals surface area contributed by atoms with Gasteiger partial charge in [-0.05, 0) is 12.8 Å². The number of nitrogens with zero attached hydrogens (tertiary/aromatic N) is 2. The van der Waals surface area contributed by atoms with Crippen LogP contribution in [0.3, 0.4) is 0 Å². The Morgan fingerprint density at radius 3 is 2.93 bits per heavy atom. The topological polar surface area (TPSA) is 64.1 Å². The van der Waals surface area contributed by atoms with Crippen LogP contribution in [0.15, 0.2) is 6.07 Å². The Hall–Kier alpha value is -1.36. The van der Waals surface area contributed by atoms with Crippen molar-refractivity contribution in [2.45, 2.75) is 12.8 Å². The standard InChI is InChI=1S/C9H10ClN3O2/c1-15-7-4-6(10)11-9(12-7)13-8(14)5-2-3-5/h4-5H,2-3H2,1H3,(H,11,12,13,14). The van der Waals surface area contributed by atoms with Gasteiger partial charge in [-0.25, -0.2) is 4.98 Å². The number of aromatic nitrogens is 2. The molecule has 0 bridgehead atoms. The van der Waals surface area contributed by atoms with Crippen LogP contribution >= 0.6 is 11.6 Å². The average Bonchev–Trinajstić information content (AvgIpc) is 2.99. The fraction of sp³-hybridized carbons (Fsp3) is 0.444. The van der Waals surface area contributed by atoms with Gasteiger partial charge in [0.2, 0.25) is 17.7 Å². The zero-order valence-electron chi connectivity index (χ0n) is 8.16. The number of amides is 1. The summed E-state index contributed by atoms with van der Waals surface area (Å²) in [4.78, 5) is 19.2. The zero-order chi connectivity index (χ0) is 10.8. The number of rotatable bonds is 3. The molecule has 0 aliphatic heterocycles. The SMILES string of the molecule is COc1cc(Cl)nc(NC(=O)C2CC2)n1. The van der Waals surface area contributed by atoms with Gasteiger partial charge in [0.05, 0.1) is 7.11 Å². The molecule has 15 heavy (non-hydrogen) atoms. The van der Waals surface area contributed by atoms with E-state index in [1.807, 2.05) is 0 Å². The Bertz CT molecular complexity index is 393. The lowest BCUT2D eigenvalue weighted by Gasteiger charge is -2.04. The number of nitrogens with one attached hydrogen (secondary N) is 1. The summed E-state index contributed by atoms with van der Waals surface area (Å²) in [7, 11) is 1.48. The summed E-state index contributed by atoms with van der Waals surface area (Å²) in [6, 6.07) is 1.48. The summed E-state index contributed by atoms with van der Waals surface area (Å²) in [5.41, 5.74) is 0. The summed E-state index contributed by atoms with van der Waals surface area (Å²) in [5, 5.41) is 2.84. The Morgan fingerprint density at radius 2 is 2.33 bits per heavy atom. The molecule has 1 aliphatic rings. The van der Waals surface area contributed by atoms with Gasteiger partial charge in [-0.3, -0.25) is 10.1 Å². The van der Waals surface area contributed by atoms with Crippen LogP contribution in [0.2, 0.25) is 5.15 Å². The van der Waals surface area contributed by atoms with E-state index >= 15 is 0 Å². The lowest BCUT2D eigenvalue weighted by Crippen LogP contribution is -2.15. The lowest BCUT2D eigenvalue weighted by molar-refractivity contribution is -0.117. The van der Waals surface area contributed by atoms with E-state index in [0.29, 0.717) is 5.88 Å². The third-order valence-electron chi connectivity index (χ3n) is 2.06. The first-order valence-electron chi connectivity index (χ1n) is 4.58. The maximum atomic E-state index is 11.4. The first-order valence-corrected chi connectivity index (χ1v) is 4.96. The second kappa shape index (κ2) is 4.02. The number of carbonyl (C=O) groups excluding carboxylic acids is 1. The molecule has 0 saturated heterocycles. The third kappa shape index (κ3) is 2.56. The molecule has 1 heterocycles. The molecule has 1 aromatic rings. The maximum Gasteiger partial charge on any atom is 0.234 e. The van der Waals surface area contributed by atoms with E-state index in [0.717, 1.165) is 12.8 Å². The monoisotopic (exact) mass is 227 g/mol. The van der Waals surface area contributed by atoms with E-state index in [-0.39, 0.29) is 22.9 Å². The van der Waals surface area contributed by atoms with Crippen LogP contribution < -0.4 is 10.1 Å². The number of halogens is 1. The molecule has 0 spiro atoms. The van der Waals surface area contributed by atoms with Crippen molar-refractivity contribution in [2.75, 3.05) is 12.4 Å². The van der Waals surface area contributed by atoms with E-state index in [4.69, 9.17) is 16.3 Å². The number of hydrogen-bond donors (Lipinski definition) is 1. The van der Waals surface area contributed by atoms with Crippen molar-refractivity contribution in [3.63, 3.8) is 0 Å². The highest BCUT2D eigenvalue weighted by Gasteiger charge is 2.30. The molecule has 6 heteroatoms. The lowest BCUT2D eigenvalue weighted by atomic mass is 10.4. The van der Waals surface area contributed by atoms with Crippen LogP contribution in [-0.2, 0) is 4.79 Å². The van der Waals surface area contributed by atoms with Crippen molar-refractivity contribution in [3.8, 4) is 5.88 Å². The summed E-state index contributed by atoms with van der Waals surface area (Å²) >= 11 is 5.73. The van der Waals surface area contributed by atoms with E-state index in [1.54, 1.807) is 0 Å². The Labute approximate surface area is 91.8 Å². The minimum absolute atomic E-state index is 0.0562. The molecule has 1 fully saturated rings. The van der Waals surface area contributed by atoms with Gasteiger partial charge in [0.15, 0.2) is 0 Å². The molecular weight excluding hydrogens is 218 g/mol. The first-order chi connectivity index (χ1) is 7.19. The van der Waals surface area contributed by atoms with E-state index < -0.39 is 0 Å². The molecule has 1 amide bonds. The Morgan fingerprint density at radius 1 is 1.60 bits per heavy atom. The maximum absolute atomic E-state index is 11.4. The second-order valence-electron chi connectivity index (χ2n) is 3.32. The van der Waals surface area contributed by atoms with Gasteiger partial charge in [-0.2, -0.15) is 4.98 Å². The molecule has 1 N–H and O–H groups in total. The molecule has 0 unspecified atom stereocenters. The normalized spacial score (nSPS) is 14.8. The predicted molar refractivity (Wildman–Crippen MR) is 54.9 cm³/mol. The quantitative estimate of drug-likeness (QED) is 0.795. The number of hydrogen-bond acceptors (Lipinski definition) is 4. The molecule has 1 saturated carbocycles. The summed E-state index contributed by atoms with van der Waals surface area (Å²) in [5.74, 6) is 0.579. The van der Waals surface area contributed by atoms with E-state index in [2.05, 4.69) is 15.3 Å². The van der Waals surface area contributed by atoms with Gasteiger partial charge in [-0.15, -0.1) is 0 Å². The average molecular weight is 228 g/mol. The van der Waals surface area contributed by atoms with Crippen LogP contribution in [0.1, 0.15) is 12.8 Å².